The lowest BCUT2D eigenvalue weighted by Gasteiger charge is -2.48. The van der Waals surface area contributed by atoms with Gasteiger partial charge in [-0.2, -0.15) is 8.42 Å². The second-order valence-electron chi connectivity index (χ2n) is 7.76. The van der Waals surface area contributed by atoms with Crippen molar-refractivity contribution in [2.45, 2.75) is 24.0 Å². The van der Waals surface area contributed by atoms with Crippen LogP contribution in [-0.4, -0.2) is 21.1 Å². The lowest BCUT2D eigenvalue weighted by Crippen LogP contribution is -2.55. The number of hydrogen-bond acceptors (Lipinski definition) is 5. The van der Waals surface area contributed by atoms with E-state index in [0.29, 0.717) is 5.56 Å². The van der Waals surface area contributed by atoms with E-state index < -0.39 is 44.1 Å². The molecule has 7 nitrogen and oxygen atoms in total. The third-order valence-electron chi connectivity index (χ3n) is 5.75. The average molecular weight is 487 g/mol. The van der Waals surface area contributed by atoms with Crippen LogP contribution in [0.2, 0.25) is 0 Å². The summed E-state index contributed by atoms with van der Waals surface area (Å²) in [6, 6.07) is 15.7. The first-order chi connectivity index (χ1) is 15.7. The summed E-state index contributed by atoms with van der Waals surface area (Å²) in [7, 11) is -8.87. The molecule has 170 valence electrons. The van der Waals surface area contributed by atoms with Gasteiger partial charge in [0.05, 0.1) is 16.6 Å². The van der Waals surface area contributed by atoms with Crippen molar-refractivity contribution in [2.24, 2.45) is 0 Å². The topological polar surface area (TPSA) is 84.0 Å². The Kier molecular flexibility index (Phi) is 4.85. The zero-order chi connectivity index (χ0) is 23.5. The van der Waals surface area contributed by atoms with Crippen LogP contribution in [0.15, 0.2) is 84.3 Å². The Morgan fingerprint density at radius 1 is 1.00 bits per heavy atom. The smallest absolute Gasteiger partial charge is 0.367 e. The van der Waals surface area contributed by atoms with Crippen LogP contribution in [0.1, 0.15) is 28.9 Å². The number of aryl methyl sites for hydroxylation is 1. The number of fused-ring (bicyclic) bond motifs is 4. The summed E-state index contributed by atoms with van der Waals surface area (Å²) < 4.78 is 76.1. The molecule has 3 aromatic rings. The molecule has 10 heteroatoms. The van der Waals surface area contributed by atoms with Crippen molar-refractivity contribution >= 4 is 26.0 Å². The lowest BCUT2D eigenvalue weighted by molar-refractivity contribution is 0.229. The number of sulfonamides is 1. The van der Waals surface area contributed by atoms with Gasteiger partial charge < -0.3 is 4.18 Å². The van der Waals surface area contributed by atoms with Crippen molar-refractivity contribution in [1.82, 2.24) is 4.31 Å². The third kappa shape index (κ3) is 3.17. The molecule has 0 N–H and O–H groups in total. The second kappa shape index (κ2) is 7.41. The van der Waals surface area contributed by atoms with Crippen LogP contribution >= 0.6 is 0 Å². The molecule has 0 amide bonds. The molecule has 0 spiro atoms. The van der Waals surface area contributed by atoms with Crippen LogP contribution in [0, 0.1) is 12.7 Å². The fourth-order valence-electron chi connectivity index (χ4n) is 4.27. The van der Waals surface area contributed by atoms with Crippen molar-refractivity contribution in [3.63, 3.8) is 0 Å². The number of rotatable bonds is 3. The van der Waals surface area contributed by atoms with E-state index in [1.807, 2.05) is 6.92 Å². The van der Waals surface area contributed by atoms with Crippen molar-refractivity contribution in [3.8, 4) is 5.75 Å². The zero-order valence-corrected chi connectivity index (χ0v) is 19.1. The van der Waals surface area contributed by atoms with E-state index in [1.165, 1.54) is 30.3 Å². The summed E-state index contributed by atoms with van der Waals surface area (Å²) in [5, 5.41) is 0. The summed E-state index contributed by atoms with van der Waals surface area (Å²) >= 11 is 0. The largest absolute Gasteiger partial charge is 0.388 e. The molecule has 0 unspecified atom stereocenters. The maximum atomic E-state index is 14.6. The normalized spacial score (nSPS) is 21.3. The Bertz CT molecular complexity index is 1490. The molecule has 2 atom stereocenters. The highest BCUT2D eigenvalue weighted by molar-refractivity contribution is 7.93. The predicted molar refractivity (Wildman–Crippen MR) is 121 cm³/mol. The van der Waals surface area contributed by atoms with Crippen LogP contribution in [0.3, 0.4) is 0 Å². The highest BCUT2D eigenvalue weighted by Crippen LogP contribution is 2.53. The summed E-state index contributed by atoms with van der Waals surface area (Å²) in [5.74, 6) is -1.43. The van der Waals surface area contributed by atoms with Crippen molar-refractivity contribution < 1.29 is 25.4 Å². The van der Waals surface area contributed by atoms with Gasteiger partial charge in [0.15, 0.2) is 11.6 Å². The standard InChI is InChI=1S/C23H19FN2O5S2/c1-3-20-17-7-4-5-10-21(17)25(32(27,28)16-13-11-15(2)12-14-16)23-18-8-6-9-19(24)22(18)31-33(29,30)26(20)23/h3-14,20,23H,1H2,2H3/t20-,23-/m1/s1. The summed E-state index contributed by atoms with van der Waals surface area (Å²) in [5.41, 5.74) is 1.62. The van der Waals surface area contributed by atoms with E-state index in [2.05, 4.69) is 6.58 Å². The van der Waals surface area contributed by atoms with Gasteiger partial charge in [-0.15, -0.1) is 10.9 Å². The Morgan fingerprint density at radius 3 is 2.36 bits per heavy atom. The number of para-hydroxylation sites is 2. The molecule has 5 rings (SSSR count). The second-order valence-corrected chi connectivity index (χ2v) is 11.0. The van der Waals surface area contributed by atoms with Gasteiger partial charge >= 0.3 is 10.3 Å². The maximum Gasteiger partial charge on any atom is 0.388 e. The maximum absolute atomic E-state index is 14.6. The molecule has 0 saturated heterocycles. The highest BCUT2D eigenvalue weighted by Gasteiger charge is 2.54. The van der Waals surface area contributed by atoms with Gasteiger partial charge in [0.2, 0.25) is 0 Å². The van der Waals surface area contributed by atoms with Crippen LogP contribution in [0.5, 0.6) is 5.75 Å². The molecule has 0 bridgehead atoms. The van der Waals surface area contributed by atoms with Gasteiger partial charge in [-0.3, -0.25) is 0 Å². The fourth-order valence-corrected chi connectivity index (χ4v) is 7.34. The minimum absolute atomic E-state index is 0.0262. The number of anilines is 1. The lowest BCUT2D eigenvalue weighted by atomic mass is 9.98. The van der Waals surface area contributed by atoms with Gasteiger partial charge in [0, 0.05) is 5.56 Å². The van der Waals surface area contributed by atoms with Crippen LogP contribution < -0.4 is 8.49 Å². The first-order valence-electron chi connectivity index (χ1n) is 10.0. The van der Waals surface area contributed by atoms with E-state index in [4.69, 9.17) is 4.18 Å². The number of hydrogen-bond donors (Lipinski definition) is 0. The van der Waals surface area contributed by atoms with Crippen molar-refractivity contribution in [1.29, 1.82) is 0 Å². The SMILES string of the molecule is C=C[C@@H]1c2ccccc2N(S(=O)(=O)c2ccc(C)cc2)[C@H]2c3cccc(F)c3OS(=O)(=O)N12. The molecule has 2 aliphatic heterocycles. The van der Waals surface area contributed by atoms with Gasteiger partial charge in [-0.1, -0.05) is 54.1 Å². The molecular formula is C23H19FN2O5S2. The minimum Gasteiger partial charge on any atom is -0.367 e. The molecule has 2 heterocycles. The molecule has 0 fully saturated rings. The van der Waals surface area contributed by atoms with Crippen LogP contribution in [0.4, 0.5) is 10.1 Å². The van der Waals surface area contributed by atoms with Crippen molar-refractivity contribution in [3.05, 3.63) is 102 Å². The third-order valence-corrected chi connectivity index (χ3v) is 8.86. The number of halogens is 1. The van der Waals surface area contributed by atoms with E-state index in [1.54, 1.807) is 36.4 Å². The quantitative estimate of drug-likeness (QED) is 0.518. The Labute approximate surface area is 191 Å². The Balaban J connectivity index is 1.87. The summed E-state index contributed by atoms with van der Waals surface area (Å²) in [6.07, 6.45) is -0.0222. The van der Waals surface area contributed by atoms with Crippen LogP contribution in [0.25, 0.3) is 0 Å². The zero-order valence-electron chi connectivity index (χ0n) is 17.4. The first-order valence-corrected chi connectivity index (χ1v) is 12.8. The highest BCUT2D eigenvalue weighted by atomic mass is 32.2. The van der Waals surface area contributed by atoms with Gasteiger partial charge in [-0.05, 0) is 36.8 Å². The monoisotopic (exact) mass is 486 g/mol. The molecule has 3 aromatic carbocycles. The number of nitrogens with zero attached hydrogens (tertiary/aromatic N) is 2. The summed E-state index contributed by atoms with van der Waals surface area (Å²) in [6.45, 7) is 5.59. The van der Waals surface area contributed by atoms with Crippen molar-refractivity contribution in [2.75, 3.05) is 4.31 Å². The minimum atomic E-state index is -4.59. The molecule has 0 aliphatic carbocycles. The molecule has 33 heavy (non-hydrogen) atoms. The molecule has 0 aromatic heterocycles. The van der Waals surface area contributed by atoms with E-state index >= 15 is 0 Å². The molecule has 2 aliphatic rings. The van der Waals surface area contributed by atoms with Gasteiger partial charge in [0.1, 0.15) is 6.17 Å². The van der Waals surface area contributed by atoms with E-state index in [-0.39, 0.29) is 16.1 Å². The molecular weight excluding hydrogens is 467 g/mol. The first kappa shape index (κ1) is 21.6. The Hall–Kier alpha value is -3.21. The van der Waals surface area contributed by atoms with E-state index in [9.17, 15) is 21.2 Å². The average Bonchev–Trinajstić information content (AvgIpc) is 2.78. The molecule has 0 saturated carbocycles. The number of benzene rings is 3. The van der Waals surface area contributed by atoms with Gasteiger partial charge in [-0.25, -0.2) is 17.1 Å². The fraction of sp³-hybridized carbons (Fsp3) is 0.130. The predicted octanol–water partition coefficient (Wildman–Crippen LogP) is 4.21. The molecule has 0 radical (unpaired) electrons. The van der Waals surface area contributed by atoms with E-state index in [0.717, 1.165) is 20.2 Å². The van der Waals surface area contributed by atoms with Gasteiger partial charge in [0.25, 0.3) is 10.0 Å². The van der Waals surface area contributed by atoms with Crippen LogP contribution in [-0.2, 0) is 20.3 Å². The summed E-state index contributed by atoms with van der Waals surface area (Å²) in [4.78, 5) is -0.0262. The Morgan fingerprint density at radius 2 is 1.67 bits per heavy atom.